The summed E-state index contributed by atoms with van der Waals surface area (Å²) in [6.07, 6.45) is -0.669. The minimum absolute atomic E-state index is 0.373. The number of aromatic nitrogens is 4. The molecule has 3 N–H and O–H groups in total. The van der Waals surface area contributed by atoms with Gasteiger partial charge in [0.05, 0.1) is 12.0 Å². The minimum atomic E-state index is -1.18. The molecule has 0 bridgehead atoms. The number of hydrogen-bond acceptors (Lipinski definition) is 7. The highest BCUT2D eigenvalue weighted by Gasteiger charge is 2.45. The second-order valence-corrected chi connectivity index (χ2v) is 6.55. The van der Waals surface area contributed by atoms with E-state index in [1.54, 1.807) is 4.57 Å². The molecule has 3 aromatic rings. The van der Waals surface area contributed by atoms with E-state index in [-0.39, 0.29) is 6.61 Å². The first-order valence-corrected chi connectivity index (χ1v) is 8.05. The first kappa shape index (κ1) is 16.3. The zero-order valence-electron chi connectivity index (χ0n) is 14.2. The van der Waals surface area contributed by atoms with Crippen molar-refractivity contribution in [3.05, 3.63) is 18.6 Å². The first-order valence-electron chi connectivity index (χ1n) is 8.05. The van der Waals surface area contributed by atoms with Gasteiger partial charge in [-0.2, -0.15) is 0 Å². The maximum atomic E-state index is 10.5. The number of nitrogens with zero attached hydrogens (tertiary/aromatic N) is 5. The number of aryl methyl sites for hydroxylation is 1. The van der Waals surface area contributed by atoms with Crippen molar-refractivity contribution in [1.82, 2.24) is 19.1 Å². The predicted octanol–water partition coefficient (Wildman–Crippen LogP) is -0.400. The van der Waals surface area contributed by atoms with Crippen LogP contribution < -0.4 is 4.90 Å². The fourth-order valence-electron chi connectivity index (χ4n) is 3.58. The second-order valence-electron chi connectivity index (χ2n) is 6.55. The summed E-state index contributed by atoms with van der Waals surface area (Å²) in [6.45, 7) is -0.373. The molecule has 1 aliphatic heterocycles. The number of ether oxygens (including phenoxy) is 1. The van der Waals surface area contributed by atoms with Gasteiger partial charge in [-0.15, -0.1) is 0 Å². The highest BCUT2D eigenvalue weighted by molar-refractivity contribution is 6.11. The predicted molar refractivity (Wildman–Crippen MR) is 91.3 cm³/mol. The van der Waals surface area contributed by atoms with Crippen LogP contribution in [0.2, 0.25) is 0 Å². The number of fused-ring (bicyclic) bond motifs is 3. The third-order valence-electron chi connectivity index (χ3n) is 4.77. The van der Waals surface area contributed by atoms with E-state index in [4.69, 9.17) is 4.74 Å². The van der Waals surface area contributed by atoms with E-state index in [1.165, 1.54) is 6.33 Å². The first-order chi connectivity index (χ1) is 12.0. The molecule has 0 radical (unpaired) electrons. The molecule has 3 aromatic heterocycles. The van der Waals surface area contributed by atoms with Crippen LogP contribution in [0.25, 0.3) is 22.1 Å². The van der Waals surface area contributed by atoms with E-state index in [0.29, 0.717) is 5.65 Å². The van der Waals surface area contributed by atoms with Gasteiger partial charge < -0.3 is 29.5 Å². The Hall–Kier alpha value is -2.20. The van der Waals surface area contributed by atoms with Gasteiger partial charge in [0.15, 0.2) is 6.23 Å². The van der Waals surface area contributed by atoms with Gasteiger partial charge in [0.2, 0.25) is 0 Å². The number of aliphatic hydroxyl groups excluding tert-OH is 3. The molecule has 134 valence electrons. The lowest BCUT2D eigenvalue weighted by Crippen LogP contribution is -2.33. The lowest BCUT2D eigenvalue weighted by molar-refractivity contribution is -0.0493. The minimum Gasteiger partial charge on any atom is -0.394 e. The maximum absolute atomic E-state index is 10.5. The molecule has 4 heterocycles. The molecule has 1 aliphatic rings. The standard InChI is InChI=1S/C16H21N5O4/c1-19(2)13-10-8-4-5-20(3)15(8)21(14(10)18-7-17-13)16-12(24)11(23)9(6-22)25-16/h4-5,7,9,11-12,16,22-24H,6H2,1-3H3/t9-,11-,12-,16-/m1/s1. The van der Waals surface area contributed by atoms with Crippen molar-refractivity contribution in [3.63, 3.8) is 0 Å². The van der Waals surface area contributed by atoms with Gasteiger partial charge in [0.1, 0.15) is 41.8 Å². The van der Waals surface area contributed by atoms with E-state index in [1.807, 2.05) is 42.9 Å². The number of hydrogen-bond donors (Lipinski definition) is 3. The van der Waals surface area contributed by atoms with Crippen LogP contribution in [0.3, 0.4) is 0 Å². The van der Waals surface area contributed by atoms with Crippen molar-refractivity contribution in [2.24, 2.45) is 7.05 Å². The van der Waals surface area contributed by atoms with Crippen LogP contribution in [0.4, 0.5) is 5.82 Å². The van der Waals surface area contributed by atoms with E-state index in [2.05, 4.69) is 9.97 Å². The summed E-state index contributed by atoms with van der Waals surface area (Å²) < 4.78 is 9.42. The van der Waals surface area contributed by atoms with Crippen molar-refractivity contribution in [1.29, 1.82) is 0 Å². The van der Waals surface area contributed by atoms with Gasteiger partial charge in [-0.05, 0) is 6.07 Å². The van der Waals surface area contributed by atoms with Crippen molar-refractivity contribution in [3.8, 4) is 0 Å². The van der Waals surface area contributed by atoms with Crippen LogP contribution in [0.1, 0.15) is 6.23 Å². The van der Waals surface area contributed by atoms with Gasteiger partial charge in [-0.1, -0.05) is 0 Å². The average molecular weight is 347 g/mol. The zero-order valence-corrected chi connectivity index (χ0v) is 14.2. The Morgan fingerprint density at radius 1 is 1.24 bits per heavy atom. The molecule has 25 heavy (non-hydrogen) atoms. The molecule has 4 atom stereocenters. The van der Waals surface area contributed by atoms with Gasteiger partial charge in [-0.3, -0.25) is 4.57 Å². The Kier molecular flexibility index (Phi) is 3.69. The fourth-order valence-corrected chi connectivity index (χ4v) is 3.58. The van der Waals surface area contributed by atoms with Crippen LogP contribution >= 0.6 is 0 Å². The Labute approximate surface area is 143 Å². The molecular weight excluding hydrogens is 326 g/mol. The highest BCUT2D eigenvalue weighted by atomic mass is 16.6. The summed E-state index contributed by atoms with van der Waals surface area (Å²) in [7, 11) is 5.70. The normalized spacial score (nSPS) is 26.8. The summed E-state index contributed by atoms with van der Waals surface area (Å²) in [5.41, 5.74) is 1.41. The summed E-state index contributed by atoms with van der Waals surface area (Å²) in [5.74, 6) is 0.756. The summed E-state index contributed by atoms with van der Waals surface area (Å²) in [6, 6.07) is 1.96. The van der Waals surface area contributed by atoms with Crippen molar-refractivity contribution < 1.29 is 20.1 Å². The number of aliphatic hydroxyl groups is 3. The molecule has 9 nitrogen and oxygen atoms in total. The molecule has 1 fully saturated rings. The monoisotopic (exact) mass is 347 g/mol. The van der Waals surface area contributed by atoms with Crippen LogP contribution in [-0.2, 0) is 11.8 Å². The van der Waals surface area contributed by atoms with Gasteiger partial charge in [0, 0.05) is 32.7 Å². The largest absolute Gasteiger partial charge is 0.394 e. The molecule has 9 heteroatoms. The third-order valence-corrected chi connectivity index (χ3v) is 4.77. The fraction of sp³-hybridized carbons (Fsp3) is 0.500. The van der Waals surface area contributed by atoms with Crippen molar-refractivity contribution >= 4 is 27.9 Å². The van der Waals surface area contributed by atoms with Gasteiger partial charge >= 0.3 is 0 Å². The molecule has 0 amide bonds. The lowest BCUT2D eigenvalue weighted by Gasteiger charge is -2.19. The van der Waals surface area contributed by atoms with E-state index < -0.39 is 24.5 Å². The molecule has 1 saturated heterocycles. The smallest absolute Gasteiger partial charge is 0.166 e. The van der Waals surface area contributed by atoms with E-state index in [9.17, 15) is 15.3 Å². The third kappa shape index (κ3) is 2.17. The Balaban J connectivity index is 2.03. The topological polar surface area (TPSA) is 109 Å². The van der Waals surface area contributed by atoms with Gasteiger partial charge in [0.25, 0.3) is 0 Å². The van der Waals surface area contributed by atoms with Crippen LogP contribution in [0.5, 0.6) is 0 Å². The SMILES string of the molecule is CN(C)c1ncnc2c1c1ccn(C)c1n2[C@@H]1O[C@H](CO)[C@@H](O)[C@H]1O. The van der Waals surface area contributed by atoms with Crippen molar-refractivity contribution in [2.45, 2.75) is 24.5 Å². The molecule has 4 rings (SSSR count). The van der Waals surface area contributed by atoms with Crippen LogP contribution in [-0.4, -0.2) is 73.4 Å². The Morgan fingerprint density at radius 3 is 2.64 bits per heavy atom. The van der Waals surface area contributed by atoms with Crippen LogP contribution in [0.15, 0.2) is 18.6 Å². The molecular formula is C16H21N5O4. The average Bonchev–Trinajstić information content (AvgIpc) is 3.21. The quantitative estimate of drug-likeness (QED) is 0.591. The molecule has 0 unspecified atom stereocenters. The summed E-state index contributed by atoms with van der Waals surface area (Å²) in [4.78, 5) is 10.7. The number of rotatable bonds is 3. The molecule has 0 aliphatic carbocycles. The summed E-state index contributed by atoms with van der Waals surface area (Å²) >= 11 is 0. The van der Waals surface area contributed by atoms with Crippen molar-refractivity contribution in [2.75, 3.05) is 25.6 Å². The maximum Gasteiger partial charge on any atom is 0.166 e. The highest BCUT2D eigenvalue weighted by Crippen LogP contribution is 2.39. The Bertz CT molecular complexity index is 934. The Morgan fingerprint density at radius 2 is 2.00 bits per heavy atom. The second kappa shape index (κ2) is 5.67. The van der Waals surface area contributed by atoms with Gasteiger partial charge in [-0.25, -0.2) is 9.97 Å². The zero-order chi connectivity index (χ0) is 17.9. The lowest BCUT2D eigenvalue weighted by atomic mass is 10.1. The summed E-state index contributed by atoms with van der Waals surface area (Å²) in [5, 5.41) is 31.8. The molecule has 0 spiro atoms. The van der Waals surface area contributed by atoms with E-state index in [0.717, 1.165) is 22.2 Å². The molecule has 0 saturated carbocycles. The number of anilines is 1. The van der Waals surface area contributed by atoms with Crippen LogP contribution in [0, 0.1) is 0 Å². The van der Waals surface area contributed by atoms with E-state index >= 15 is 0 Å². The molecule has 0 aromatic carbocycles.